The lowest BCUT2D eigenvalue weighted by molar-refractivity contribution is -0.00353. The Morgan fingerprint density at radius 2 is 0.917 bits per heavy atom. The maximum absolute atomic E-state index is 12.3. The smallest absolute Gasteiger partial charge is 0.261 e. The molecule has 0 unspecified atom stereocenters. The summed E-state index contributed by atoms with van der Waals surface area (Å²) in [5, 5.41) is 0. The van der Waals surface area contributed by atoms with Gasteiger partial charge in [-0.3, -0.25) is 14.5 Å². The monoisotopic (exact) mass is 505 g/mol. The van der Waals surface area contributed by atoms with Crippen molar-refractivity contribution in [3.8, 4) is 0 Å². The Bertz CT molecular complexity index is 690. The quantitative estimate of drug-likeness (QED) is 0.133. The Labute approximate surface area is 217 Å². The van der Waals surface area contributed by atoms with Gasteiger partial charge >= 0.3 is 0 Å². The normalized spacial score (nSPS) is 13.1. The summed E-state index contributed by atoms with van der Waals surface area (Å²) >= 11 is 0. The van der Waals surface area contributed by atoms with Crippen molar-refractivity contribution < 1.29 is 28.5 Å². The topological polar surface area (TPSA) is 74.3 Å². The highest BCUT2D eigenvalue weighted by molar-refractivity contribution is 6.21. The van der Waals surface area contributed by atoms with Crippen molar-refractivity contribution in [2.75, 3.05) is 59.4 Å². The molecule has 0 saturated heterocycles. The molecule has 1 aliphatic rings. The van der Waals surface area contributed by atoms with Gasteiger partial charge in [0.1, 0.15) is 0 Å². The lowest BCUT2D eigenvalue weighted by Gasteiger charge is -2.13. The molecular formula is C29H47NO6. The molecule has 1 heterocycles. The average molecular weight is 506 g/mol. The number of fused-ring (bicyclic) bond motifs is 1. The second kappa shape index (κ2) is 20.3. The molecule has 2 amide bonds. The van der Waals surface area contributed by atoms with E-state index in [1.807, 2.05) is 0 Å². The van der Waals surface area contributed by atoms with E-state index in [2.05, 4.69) is 6.92 Å². The van der Waals surface area contributed by atoms with E-state index < -0.39 is 0 Å². The standard InChI is InChI=1S/C29H47NO6/c1-2-3-4-5-6-7-8-9-10-11-14-18-33-20-22-35-24-25-36-23-21-34-19-17-30-28(31)26-15-12-13-16-27(26)29(30)32/h12-13,15-16H,2-11,14,17-25H2,1H3. The molecule has 0 fully saturated rings. The number of hydrogen-bond acceptors (Lipinski definition) is 6. The zero-order chi connectivity index (χ0) is 25.7. The number of benzene rings is 1. The maximum Gasteiger partial charge on any atom is 0.261 e. The summed E-state index contributed by atoms with van der Waals surface area (Å²) in [5.74, 6) is -0.509. The fraction of sp³-hybridized carbons (Fsp3) is 0.724. The Kier molecular flexibility index (Phi) is 17.1. The van der Waals surface area contributed by atoms with Crippen LogP contribution in [-0.2, 0) is 18.9 Å². The average Bonchev–Trinajstić information content (AvgIpc) is 3.14. The van der Waals surface area contributed by atoms with E-state index in [1.165, 1.54) is 69.1 Å². The summed E-state index contributed by atoms with van der Waals surface area (Å²) in [6.45, 7) is 6.70. The van der Waals surface area contributed by atoms with Crippen LogP contribution < -0.4 is 0 Å². The molecule has 0 bridgehead atoms. The number of rotatable bonds is 24. The first-order valence-electron chi connectivity index (χ1n) is 14.0. The van der Waals surface area contributed by atoms with Gasteiger partial charge in [0, 0.05) is 6.61 Å². The number of nitrogens with zero attached hydrogens (tertiary/aromatic N) is 1. The fourth-order valence-electron chi connectivity index (χ4n) is 4.23. The molecule has 0 aliphatic carbocycles. The van der Waals surface area contributed by atoms with Crippen molar-refractivity contribution >= 4 is 11.8 Å². The Morgan fingerprint density at radius 3 is 1.39 bits per heavy atom. The van der Waals surface area contributed by atoms with Crippen LogP contribution in [0.5, 0.6) is 0 Å². The lowest BCUT2D eigenvalue weighted by Crippen LogP contribution is -2.33. The molecule has 36 heavy (non-hydrogen) atoms. The molecule has 0 atom stereocenters. The lowest BCUT2D eigenvalue weighted by atomic mass is 10.1. The third-order valence-electron chi connectivity index (χ3n) is 6.35. The van der Waals surface area contributed by atoms with Crippen molar-refractivity contribution in [3.05, 3.63) is 35.4 Å². The first kappa shape index (κ1) is 30.4. The predicted octanol–water partition coefficient (Wildman–Crippen LogP) is 5.66. The van der Waals surface area contributed by atoms with E-state index >= 15 is 0 Å². The third kappa shape index (κ3) is 12.4. The number of amides is 2. The third-order valence-corrected chi connectivity index (χ3v) is 6.35. The number of ether oxygens (including phenoxy) is 4. The summed E-state index contributed by atoms with van der Waals surface area (Å²) < 4.78 is 22.1. The number of carbonyl (C=O) groups is 2. The van der Waals surface area contributed by atoms with Crippen LogP contribution in [0.4, 0.5) is 0 Å². The van der Waals surface area contributed by atoms with Crippen molar-refractivity contribution in [2.45, 2.75) is 77.6 Å². The Hall–Kier alpha value is -1.80. The van der Waals surface area contributed by atoms with E-state index in [-0.39, 0.29) is 18.4 Å². The molecule has 2 rings (SSSR count). The zero-order valence-corrected chi connectivity index (χ0v) is 22.3. The van der Waals surface area contributed by atoms with Crippen LogP contribution in [0, 0.1) is 0 Å². The van der Waals surface area contributed by atoms with Gasteiger partial charge in [-0.25, -0.2) is 0 Å². The molecule has 0 saturated carbocycles. The van der Waals surface area contributed by atoms with E-state index in [1.54, 1.807) is 24.3 Å². The molecule has 7 nitrogen and oxygen atoms in total. The van der Waals surface area contributed by atoms with Crippen LogP contribution >= 0.6 is 0 Å². The van der Waals surface area contributed by atoms with Gasteiger partial charge in [-0.1, -0.05) is 83.3 Å². The van der Waals surface area contributed by atoms with Gasteiger partial charge in [-0.15, -0.1) is 0 Å². The van der Waals surface area contributed by atoms with Crippen LogP contribution in [0.2, 0.25) is 0 Å². The molecule has 1 aromatic rings. The molecule has 0 aromatic heterocycles. The van der Waals surface area contributed by atoms with E-state index in [0.29, 0.717) is 57.4 Å². The summed E-state index contributed by atoms with van der Waals surface area (Å²) in [6.07, 6.45) is 14.8. The fourth-order valence-corrected chi connectivity index (χ4v) is 4.23. The summed E-state index contributed by atoms with van der Waals surface area (Å²) in [7, 11) is 0. The maximum atomic E-state index is 12.3. The first-order chi connectivity index (χ1) is 17.8. The highest BCUT2D eigenvalue weighted by atomic mass is 16.6. The van der Waals surface area contributed by atoms with Gasteiger partial charge in [0.25, 0.3) is 11.8 Å². The highest BCUT2D eigenvalue weighted by Gasteiger charge is 2.34. The summed E-state index contributed by atoms with van der Waals surface area (Å²) in [5.41, 5.74) is 0.927. The second-order valence-corrected chi connectivity index (χ2v) is 9.29. The minimum absolute atomic E-state index is 0.245. The van der Waals surface area contributed by atoms with Crippen LogP contribution in [0.25, 0.3) is 0 Å². The first-order valence-corrected chi connectivity index (χ1v) is 14.0. The van der Waals surface area contributed by atoms with Crippen LogP contribution in [0.3, 0.4) is 0 Å². The largest absolute Gasteiger partial charge is 0.379 e. The molecule has 0 radical (unpaired) electrons. The SMILES string of the molecule is CCCCCCCCCCCCCOCCOCCOCCOCCN1C(=O)c2ccccc2C1=O. The molecule has 7 heteroatoms. The summed E-state index contributed by atoms with van der Waals surface area (Å²) in [6, 6.07) is 6.88. The van der Waals surface area contributed by atoms with Crippen molar-refractivity contribution in [3.63, 3.8) is 0 Å². The predicted molar refractivity (Wildman–Crippen MR) is 142 cm³/mol. The minimum Gasteiger partial charge on any atom is -0.379 e. The van der Waals surface area contributed by atoms with Gasteiger partial charge in [0.15, 0.2) is 0 Å². The van der Waals surface area contributed by atoms with Gasteiger partial charge in [0.05, 0.1) is 63.9 Å². The molecule has 1 aliphatic heterocycles. The van der Waals surface area contributed by atoms with Crippen molar-refractivity contribution in [1.29, 1.82) is 0 Å². The Balaban J connectivity index is 1.26. The van der Waals surface area contributed by atoms with Gasteiger partial charge < -0.3 is 18.9 Å². The van der Waals surface area contributed by atoms with Crippen LogP contribution in [0.15, 0.2) is 24.3 Å². The van der Waals surface area contributed by atoms with Crippen LogP contribution in [0.1, 0.15) is 98.3 Å². The van der Waals surface area contributed by atoms with E-state index in [4.69, 9.17) is 18.9 Å². The minimum atomic E-state index is -0.254. The number of unbranched alkanes of at least 4 members (excludes halogenated alkanes) is 10. The van der Waals surface area contributed by atoms with Crippen molar-refractivity contribution in [2.24, 2.45) is 0 Å². The molecule has 0 N–H and O–H groups in total. The molecule has 0 spiro atoms. The molecule has 1 aromatic carbocycles. The second-order valence-electron chi connectivity index (χ2n) is 9.29. The van der Waals surface area contributed by atoms with Gasteiger partial charge in [-0.2, -0.15) is 0 Å². The van der Waals surface area contributed by atoms with Gasteiger partial charge in [-0.05, 0) is 18.6 Å². The van der Waals surface area contributed by atoms with E-state index in [9.17, 15) is 9.59 Å². The van der Waals surface area contributed by atoms with Crippen molar-refractivity contribution in [1.82, 2.24) is 4.90 Å². The number of hydrogen-bond donors (Lipinski definition) is 0. The number of imide groups is 1. The zero-order valence-electron chi connectivity index (χ0n) is 22.3. The van der Waals surface area contributed by atoms with Gasteiger partial charge in [0.2, 0.25) is 0 Å². The molecule has 204 valence electrons. The van der Waals surface area contributed by atoms with E-state index in [0.717, 1.165) is 13.0 Å². The summed E-state index contributed by atoms with van der Waals surface area (Å²) in [4.78, 5) is 25.8. The molecular weight excluding hydrogens is 458 g/mol. The van der Waals surface area contributed by atoms with Crippen LogP contribution in [-0.4, -0.2) is 76.1 Å². The Morgan fingerprint density at radius 1 is 0.528 bits per heavy atom. The number of carbonyl (C=O) groups excluding carboxylic acids is 2. The highest BCUT2D eigenvalue weighted by Crippen LogP contribution is 2.21.